The zero-order valence-electron chi connectivity index (χ0n) is 11.4. The van der Waals surface area contributed by atoms with E-state index in [0.29, 0.717) is 13.1 Å². The van der Waals surface area contributed by atoms with Crippen molar-refractivity contribution in [3.8, 4) is 0 Å². The number of urea groups is 1. The van der Waals surface area contributed by atoms with Crippen LogP contribution >= 0.6 is 0 Å². The molecule has 0 aromatic rings. The van der Waals surface area contributed by atoms with Crippen LogP contribution in [0.2, 0.25) is 0 Å². The summed E-state index contributed by atoms with van der Waals surface area (Å²) in [4.78, 5) is 13.5. The van der Waals surface area contributed by atoms with Crippen molar-refractivity contribution < 1.29 is 9.90 Å². The van der Waals surface area contributed by atoms with Crippen LogP contribution in [0.25, 0.3) is 0 Å². The van der Waals surface area contributed by atoms with E-state index in [0.717, 1.165) is 30.7 Å². The summed E-state index contributed by atoms with van der Waals surface area (Å²) in [5, 5.41) is 11.8. The van der Waals surface area contributed by atoms with Crippen LogP contribution in [0.3, 0.4) is 0 Å². The quantitative estimate of drug-likeness (QED) is 0.760. The fourth-order valence-corrected chi connectivity index (χ4v) is 3.73. The van der Waals surface area contributed by atoms with Gasteiger partial charge in [-0.3, -0.25) is 0 Å². The Kier molecular flexibility index (Phi) is 4.87. The Morgan fingerprint density at radius 3 is 2.78 bits per heavy atom. The standard InChI is InChI=1S/C14H26N2O2/c1-2-16(7-8-17)14(18)15-6-5-13-10-11-3-4-12(13)9-11/h11-13,17H,2-10H2,1H3,(H,15,18). The number of aliphatic hydroxyl groups is 1. The molecule has 0 aromatic heterocycles. The minimum atomic E-state index is -0.0327. The summed E-state index contributed by atoms with van der Waals surface area (Å²) in [6, 6.07) is -0.0327. The number of carbonyl (C=O) groups excluding carboxylic acids is 1. The smallest absolute Gasteiger partial charge is 0.317 e. The number of fused-ring (bicyclic) bond motifs is 2. The highest BCUT2D eigenvalue weighted by molar-refractivity contribution is 5.74. The van der Waals surface area contributed by atoms with Gasteiger partial charge in [-0.1, -0.05) is 6.42 Å². The van der Waals surface area contributed by atoms with Crippen molar-refractivity contribution in [1.82, 2.24) is 10.2 Å². The summed E-state index contributed by atoms with van der Waals surface area (Å²) in [6.45, 7) is 3.84. The predicted molar refractivity (Wildman–Crippen MR) is 71.3 cm³/mol. The van der Waals surface area contributed by atoms with Gasteiger partial charge < -0.3 is 15.3 Å². The third-order valence-corrected chi connectivity index (χ3v) is 4.71. The Labute approximate surface area is 110 Å². The van der Waals surface area contributed by atoms with Gasteiger partial charge in [0, 0.05) is 19.6 Å². The number of rotatable bonds is 6. The minimum absolute atomic E-state index is 0.0327. The van der Waals surface area contributed by atoms with Gasteiger partial charge in [0.1, 0.15) is 0 Å². The summed E-state index contributed by atoms with van der Waals surface area (Å²) < 4.78 is 0. The molecule has 2 bridgehead atoms. The van der Waals surface area contributed by atoms with Gasteiger partial charge in [0.25, 0.3) is 0 Å². The fraction of sp³-hybridized carbons (Fsp3) is 0.929. The normalized spacial score (nSPS) is 29.6. The molecule has 0 aromatic carbocycles. The second-order valence-electron chi connectivity index (χ2n) is 5.76. The van der Waals surface area contributed by atoms with E-state index in [1.165, 1.54) is 25.7 Å². The molecule has 104 valence electrons. The Morgan fingerprint density at radius 2 is 2.22 bits per heavy atom. The second kappa shape index (κ2) is 6.41. The molecule has 2 rings (SSSR count). The van der Waals surface area contributed by atoms with Gasteiger partial charge in [-0.25, -0.2) is 4.79 Å². The number of likely N-dealkylation sites (N-methyl/N-ethyl adjacent to an activating group) is 1. The molecular formula is C14H26N2O2. The molecular weight excluding hydrogens is 228 g/mol. The average molecular weight is 254 g/mol. The number of amides is 2. The van der Waals surface area contributed by atoms with Crippen LogP contribution in [0, 0.1) is 17.8 Å². The first-order valence-corrected chi connectivity index (χ1v) is 7.38. The summed E-state index contributed by atoms with van der Waals surface area (Å²) in [5.41, 5.74) is 0. The van der Waals surface area contributed by atoms with Crippen LogP contribution in [-0.2, 0) is 0 Å². The van der Waals surface area contributed by atoms with Crippen molar-refractivity contribution in [2.45, 2.75) is 39.0 Å². The van der Waals surface area contributed by atoms with Gasteiger partial charge in [-0.05, 0) is 50.4 Å². The van der Waals surface area contributed by atoms with E-state index in [2.05, 4.69) is 5.32 Å². The van der Waals surface area contributed by atoms with E-state index in [1.807, 2.05) is 6.92 Å². The van der Waals surface area contributed by atoms with E-state index < -0.39 is 0 Å². The maximum absolute atomic E-state index is 11.8. The zero-order chi connectivity index (χ0) is 13.0. The summed E-state index contributed by atoms with van der Waals surface area (Å²) in [6.07, 6.45) is 6.80. The van der Waals surface area contributed by atoms with Crippen LogP contribution in [0.5, 0.6) is 0 Å². The maximum atomic E-state index is 11.8. The number of nitrogens with zero attached hydrogens (tertiary/aromatic N) is 1. The molecule has 4 nitrogen and oxygen atoms in total. The van der Waals surface area contributed by atoms with Crippen molar-refractivity contribution in [1.29, 1.82) is 0 Å². The van der Waals surface area contributed by atoms with Crippen molar-refractivity contribution >= 4 is 6.03 Å². The lowest BCUT2D eigenvalue weighted by atomic mass is 9.86. The highest BCUT2D eigenvalue weighted by Gasteiger charge is 2.38. The maximum Gasteiger partial charge on any atom is 0.317 e. The number of hydrogen-bond acceptors (Lipinski definition) is 2. The molecule has 2 N–H and O–H groups in total. The van der Waals surface area contributed by atoms with Gasteiger partial charge in [-0.15, -0.1) is 0 Å². The average Bonchev–Trinajstić information content (AvgIpc) is 2.98. The first kappa shape index (κ1) is 13.7. The number of nitrogens with one attached hydrogen (secondary N) is 1. The summed E-state index contributed by atoms with van der Waals surface area (Å²) in [5.74, 6) is 2.76. The lowest BCUT2D eigenvalue weighted by Crippen LogP contribution is -2.42. The SMILES string of the molecule is CCN(CCO)C(=O)NCCC1CC2CCC1C2. The molecule has 0 radical (unpaired) electrons. The second-order valence-corrected chi connectivity index (χ2v) is 5.76. The molecule has 0 heterocycles. The first-order chi connectivity index (χ1) is 8.74. The van der Waals surface area contributed by atoms with E-state index in [1.54, 1.807) is 4.90 Å². The van der Waals surface area contributed by atoms with Gasteiger partial charge in [-0.2, -0.15) is 0 Å². The topological polar surface area (TPSA) is 52.6 Å². The highest BCUT2D eigenvalue weighted by Crippen LogP contribution is 2.49. The zero-order valence-corrected chi connectivity index (χ0v) is 11.4. The van der Waals surface area contributed by atoms with Gasteiger partial charge in [0.05, 0.1) is 6.61 Å². The summed E-state index contributed by atoms with van der Waals surface area (Å²) >= 11 is 0. The van der Waals surface area contributed by atoms with Gasteiger partial charge >= 0.3 is 6.03 Å². The Hall–Kier alpha value is -0.770. The number of carbonyl (C=O) groups is 1. The fourth-order valence-electron chi connectivity index (χ4n) is 3.73. The van der Waals surface area contributed by atoms with Crippen LogP contribution < -0.4 is 5.32 Å². The lowest BCUT2D eigenvalue weighted by Gasteiger charge is -2.23. The number of aliphatic hydroxyl groups excluding tert-OH is 1. The molecule has 4 heteroatoms. The molecule has 2 aliphatic carbocycles. The Bertz CT molecular complexity index is 283. The van der Waals surface area contributed by atoms with Crippen molar-refractivity contribution in [2.75, 3.05) is 26.2 Å². The molecule has 3 atom stereocenters. The molecule has 0 spiro atoms. The van der Waals surface area contributed by atoms with E-state index in [4.69, 9.17) is 5.11 Å². The molecule has 18 heavy (non-hydrogen) atoms. The minimum Gasteiger partial charge on any atom is -0.395 e. The van der Waals surface area contributed by atoms with Crippen molar-refractivity contribution in [2.24, 2.45) is 17.8 Å². The Balaban J connectivity index is 1.64. The number of hydrogen-bond donors (Lipinski definition) is 2. The Morgan fingerprint density at radius 1 is 1.39 bits per heavy atom. The molecule has 2 aliphatic rings. The van der Waals surface area contributed by atoms with E-state index >= 15 is 0 Å². The van der Waals surface area contributed by atoms with Crippen LogP contribution in [0.4, 0.5) is 4.79 Å². The van der Waals surface area contributed by atoms with E-state index in [-0.39, 0.29) is 12.6 Å². The highest BCUT2D eigenvalue weighted by atomic mass is 16.3. The van der Waals surface area contributed by atoms with Crippen molar-refractivity contribution in [3.05, 3.63) is 0 Å². The van der Waals surface area contributed by atoms with Crippen LogP contribution in [0.15, 0.2) is 0 Å². The largest absolute Gasteiger partial charge is 0.395 e. The molecule has 3 unspecified atom stereocenters. The molecule has 0 aliphatic heterocycles. The monoisotopic (exact) mass is 254 g/mol. The third kappa shape index (κ3) is 3.16. The third-order valence-electron chi connectivity index (χ3n) is 4.71. The van der Waals surface area contributed by atoms with Gasteiger partial charge in [0.15, 0.2) is 0 Å². The summed E-state index contributed by atoms with van der Waals surface area (Å²) in [7, 11) is 0. The molecule has 0 saturated heterocycles. The predicted octanol–water partition coefficient (Wildman–Crippen LogP) is 1.84. The van der Waals surface area contributed by atoms with Gasteiger partial charge in [0.2, 0.25) is 0 Å². The first-order valence-electron chi connectivity index (χ1n) is 7.38. The molecule has 2 saturated carbocycles. The van der Waals surface area contributed by atoms with Crippen LogP contribution in [-0.4, -0.2) is 42.3 Å². The molecule has 2 fully saturated rings. The molecule has 2 amide bonds. The van der Waals surface area contributed by atoms with E-state index in [9.17, 15) is 4.79 Å². The lowest BCUT2D eigenvalue weighted by molar-refractivity contribution is 0.179. The van der Waals surface area contributed by atoms with Crippen LogP contribution in [0.1, 0.15) is 39.0 Å². The van der Waals surface area contributed by atoms with Crippen molar-refractivity contribution in [3.63, 3.8) is 0 Å².